The number of nitrogens with zero attached hydrogens (tertiary/aromatic N) is 2. The molecule has 1 N–H and O–H groups in total. The summed E-state index contributed by atoms with van der Waals surface area (Å²) in [5.74, 6) is -1.01. The van der Waals surface area contributed by atoms with Crippen LogP contribution in [0.25, 0.3) is 0 Å². The summed E-state index contributed by atoms with van der Waals surface area (Å²) in [6, 6.07) is 14.5. The lowest BCUT2D eigenvalue weighted by Crippen LogP contribution is -2.51. The molecule has 0 aliphatic heterocycles. The molecule has 0 heterocycles. The maximum atomic E-state index is 13.9. The third kappa shape index (κ3) is 7.38. The number of nitrogens with one attached hydrogen (secondary N) is 1. The van der Waals surface area contributed by atoms with Crippen molar-refractivity contribution in [2.75, 3.05) is 17.9 Å². The van der Waals surface area contributed by atoms with Crippen LogP contribution in [0, 0.1) is 6.92 Å². The number of rotatable bonds is 10. The zero-order chi connectivity index (χ0) is 28.9. The summed E-state index contributed by atoms with van der Waals surface area (Å²) in [6.45, 7) is 2.97. The quantitative estimate of drug-likeness (QED) is 0.283. The van der Waals surface area contributed by atoms with E-state index in [4.69, 9.17) is 46.4 Å². The summed E-state index contributed by atoms with van der Waals surface area (Å²) in [5, 5.41) is 3.55. The van der Waals surface area contributed by atoms with Gasteiger partial charge in [-0.05, 0) is 61.4 Å². The molecule has 0 aliphatic rings. The van der Waals surface area contributed by atoms with Crippen molar-refractivity contribution in [3.05, 3.63) is 91.9 Å². The molecule has 1 atom stereocenters. The van der Waals surface area contributed by atoms with Crippen LogP contribution in [0.2, 0.25) is 20.1 Å². The Bertz CT molecular complexity index is 1470. The Hall–Kier alpha value is -2.49. The lowest BCUT2D eigenvalue weighted by molar-refractivity contribution is -0.140. The smallest absolute Gasteiger partial charge is 0.264 e. The molecule has 3 rings (SSSR count). The SMILES string of the molecule is CC[C@H](C(=O)NC)N(Cc1ccc(Cl)c(Cl)c1)C(=O)CN(c1ccc(Cl)c(Cl)c1)S(=O)(=O)c1ccc(C)cc1. The molecule has 12 heteroatoms. The molecule has 0 fully saturated rings. The molecule has 39 heavy (non-hydrogen) atoms. The average Bonchev–Trinajstić information content (AvgIpc) is 2.90. The Labute approximate surface area is 248 Å². The number of amides is 2. The van der Waals surface area contributed by atoms with E-state index in [1.165, 1.54) is 42.3 Å². The second-order valence-electron chi connectivity index (χ2n) is 8.73. The van der Waals surface area contributed by atoms with Gasteiger partial charge in [0.15, 0.2) is 0 Å². The van der Waals surface area contributed by atoms with Gasteiger partial charge in [0.2, 0.25) is 11.8 Å². The highest BCUT2D eigenvalue weighted by molar-refractivity contribution is 7.92. The Balaban J connectivity index is 2.09. The fourth-order valence-corrected chi connectivity index (χ4v) is 5.95. The number of carbonyl (C=O) groups is 2. The van der Waals surface area contributed by atoms with Gasteiger partial charge in [-0.3, -0.25) is 13.9 Å². The first-order chi connectivity index (χ1) is 18.4. The van der Waals surface area contributed by atoms with E-state index in [1.807, 2.05) is 6.92 Å². The van der Waals surface area contributed by atoms with Gasteiger partial charge in [-0.25, -0.2) is 8.42 Å². The molecule has 0 bridgehead atoms. The molecule has 2 amide bonds. The standard InChI is InChI=1S/C27H27Cl4N3O4S/c1-4-25(27(36)32-3)33(15-18-7-11-21(28)23(30)13-18)26(35)16-34(19-8-12-22(29)24(31)14-19)39(37,38)20-9-5-17(2)6-10-20/h5-14,25H,4,15-16H2,1-3H3,(H,32,36)/t25-/m1/s1. The van der Waals surface area contributed by atoms with Crippen LogP contribution >= 0.6 is 46.4 Å². The highest BCUT2D eigenvalue weighted by atomic mass is 35.5. The highest BCUT2D eigenvalue weighted by Gasteiger charge is 2.33. The minimum absolute atomic E-state index is 0.0125. The normalized spacial score (nSPS) is 12.1. The van der Waals surface area contributed by atoms with Crippen molar-refractivity contribution >= 4 is 73.9 Å². The van der Waals surface area contributed by atoms with Crippen LogP contribution in [0.5, 0.6) is 0 Å². The third-order valence-corrected chi connectivity index (χ3v) is 9.31. The molecule has 208 valence electrons. The molecule has 0 radical (unpaired) electrons. The first kappa shape index (κ1) is 31.0. The zero-order valence-corrected chi connectivity index (χ0v) is 25.3. The van der Waals surface area contributed by atoms with Crippen LogP contribution in [0.4, 0.5) is 5.69 Å². The summed E-state index contributed by atoms with van der Waals surface area (Å²) < 4.78 is 28.6. The Kier molecular flexibility index (Phi) is 10.5. The van der Waals surface area contributed by atoms with Gasteiger partial charge >= 0.3 is 0 Å². The van der Waals surface area contributed by atoms with Gasteiger partial charge in [0, 0.05) is 13.6 Å². The first-order valence-corrected chi connectivity index (χ1v) is 14.8. The van der Waals surface area contributed by atoms with Crippen LogP contribution in [0.1, 0.15) is 24.5 Å². The van der Waals surface area contributed by atoms with Gasteiger partial charge in [0.1, 0.15) is 12.6 Å². The van der Waals surface area contributed by atoms with Gasteiger partial charge < -0.3 is 10.2 Å². The van der Waals surface area contributed by atoms with E-state index < -0.39 is 34.4 Å². The Morgan fingerprint density at radius 3 is 2.00 bits per heavy atom. The molecule has 3 aromatic carbocycles. The molecular formula is C27H27Cl4N3O4S. The van der Waals surface area contributed by atoms with E-state index in [-0.39, 0.29) is 38.6 Å². The number of halogens is 4. The Morgan fingerprint density at radius 1 is 0.872 bits per heavy atom. The maximum absolute atomic E-state index is 13.9. The molecule has 7 nitrogen and oxygen atoms in total. The number of hydrogen-bond acceptors (Lipinski definition) is 4. The van der Waals surface area contributed by atoms with Gasteiger partial charge in [-0.2, -0.15) is 0 Å². The predicted octanol–water partition coefficient (Wildman–Crippen LogP) is 6.36. The van der Waals surface area contributed by atoms with Crippen molar-refractivity contribution in [2.45, 2.75) is 37.8 Å². The van der Waals surface area contributed by atoms with E-state index in [0.29, 0.717) is 10.6 Å². The largest absolute Gasteiger partial charge is 0.357 e. The van der Waals surface area contributed by atoms with Crippen molar-refractivity contribution in [2.24, 2.45) is 0 Å². The van der Waals surface area contributed by atoms with Crippen molar-refractivity contribution in [3.63, 3.8) is 0 Å². The number of benzene rings is 3. The summed E-state index contributed by atoms with van der Waals surface area (Å²) in [7, 11) is -2.76. The van der Waals surface area contributed by atoms with Crippen LogP contribution in [-0.4, -0.2) is 44.8 Å². The number of sulfonamides is 1. The summed E-state index contributed by atoms with van der Waals surface area (Å²) in [4.78, 5) is 28.0. The average molecular weight is 631 g/mol. The van der Waals surface area contributed by atoms with Crippen molar-refractivity contribution < 1.29 is 18.0 Å². The molecule has 0 spiro atoms. The zero-order valence-electron chi connectivity index (χ0n) is 21.4. The summed E-state index contributed by atoms with van der Waals surface area (Å²) in [5.41, 5.74) is 1.62. The molecule has 0 aliphatic carbocycles. The fourth-order valence-electron chi connectivity index (χ4n) is 3.93. The van der Waals surface area contributed by atoms with Crippen molar-refractivity contribution in [1.29, 1.82) is 0 Å². The molecular weight excluding hydrogens is 604 g/mol. The van der Waals surface area contributed by atoms with Gasteiger partial charge in [0.05, 0.1) is 30.7 Å². The third-order valence-electron chi connectivity index (χ3n) is 6.05. The fraction of sp³-hybridized carbons (Fsp3) is 0.259. The summed E-state index contributed by atoms with van der Waals surface area (Å²) in [6.07, 6.45) is 0.282. The monoisotopic (exact) mass is 629 g/mol. The molecule has 3 aromatic rings. The molecule has 0 unspecified atom stereocenters. The number of hydrogen-bond donors (Lipinski definition) is 1. The lowest BCUT2D eigenvalue weighted by Gasteiger charge is -2.33. The number of aryl methyl sites for hydroxylation is 1. The van der Waals surface area contributed by atoms with Gasteiger partial charge in [-0.1, -0.05) is 77.1 Å². The highest BCUT2D eigenvalue weighted by Crippen LogP contribution is 2.31. The lowest BCUT2D eigenvalue weighted by atomic mass is 10.1. The van der Waals surface area contributed by atoms with Crippen molar-refractivity contribution in [1.82, 2.24) is 10.2 Å². The summed E-state index contributed by atoms with van der Waals surface area (Å²) >= 11 is 24.5. The van der Waals surface area contributed by atoms with Crippen LogP contribution in [0.15, 0.2) is 65.6 Å². The number of likely N-dealkylation sites (N-methyl/N-ethyl adjacent to an activating group) is 1. The number of anilines is 1. The topological polar surface area (TPSA) is 86.8 Å². The van der Waals surface area contributed by atoms with E-state index in [1.54, 1.807) is 37.3 Å². The van der Waals surface area contributed by atoms with Crippen LogP contribution < -0.4 is 9.62 Å². The molecule has 0 aromatic heterocycles. The van der Waals surface area contributed by atoms with Crippen LogP contribution in [-0.2, 0) is 26.2 Å². The molecule has 0 saturated carbocycles. The second kappa shape index (κ2) is 13.2. The van der Waals surface area contributed by atoms with E-state index in [2.05, 4.69) is 5.32 Å². The Morgan fingerprint density at radius 2 is 1.46 bits per heavy atom. The molecule has 0 saturated heterocycles. The predicted molar refractivity (Wildman–Crippen MR) is 157 cm³/mol. The number of carbonyl (C=O) groups excluding carboxylic acids is 2. The van der Waals surface area contributed by atoms with E-state index >= 15 is 0 Å². The second-order valence-corrected chi connectivity index (χ2v) is 12.2. The maximum Gasteiger partial charge on any atom is 0.264 e. The van der Waals surface area contributed by atoms with E-state index in [0.717, 1.165) is 9.87 Å². The van der Waals surface area contributed by atoms with Crippen molar-refractivity contribution in [3.8, 4) is 0 Å². The minimum atomic E-state index is -4.23. The van der Waals surface area contributed by atoms with Gasteiger partial charge in [0.25, 0.3) is 10.0 Å². The van der Waals surface area contributed by atoms with Gasteiger partial charge in [-0.15, -0.1) is 0 Å². The minimum Gasteiger partial charge on any atom is -0.357 e. The first-order valence-electron chi connectivity index (χ1n) is 11.9. The van der Waals surface area contributed by atoms with Crippen LogP contribution in [0.3, 0.4) is 0 Å². The van der Waals surface area contributed by atoms with E-state index in [9.17, 15) is 18.0 Å².